The van der Waals surface area contributed by atoms with E-state index < -0.39 is 0 Å². The monoisotopic (exact) mass is 243 g/mol. The van der Waals surface area contributed by atoms with Gasteiger partial charge in [0.15, 0.2) is 6.33 Å². The first-order valence-electron chi connectivity index (χ1n) is 5.19. The summed E-state index contributed by atoms with van der Waals surface area (Å²) >= 11 is 0. The van der Waals surface area contributed by atoms with Gasteiger partial charge in [-0.15, -0.1) is 0 Å². The van der Waals surface area contributed by atoms with Gasteiger partial charge in [0.1, 0.15) is 11.8 Å². The summed E-state index contributed by atoms with van der Waals surface area (Å²) in [6.07, 6.45) is 3.12. The fraction of sp³-hybridized carbons (Fsp3) is 0.182. The third-order valence-corrected chi connectivity index (χ3v) is 2.16. The lowest BCUT2D eigenvalue weighted by molar-refractivity contribution is 0.0948. The van der Waals surface area contributed by atoms with Crippen LogP contribution in [0.25, 0.3) is 0 Å². The Bertz CT molecular complexity index is 556. The SMILES string of the molecule is N#Cc1ccc(C(=O)NCCc2ncno2)nc1. The molecular weight excluding hydrogens is 234 g/mol. The molecule has 2 heterocycles. The molecule has 0 unspecified atom stereocenters. The normalized spacial score (nSPS) is 9.72. The molecular formula is C11H9N5O2. The van der Waals surface area contributed by atoms with E-state index in [-0.39, 0.29) is 11.6 Å². The molecule has 0 saturated heterocycles. The fourth-order valence-corrected chi connectivity index (χ4v) is 1.27. The number of hydrogen-bond acceptors (Lipinski definition) is 6. The van der Waals surface area contributed by atoms with Crippen molar-refractivity contribution in [2.45, 2.75) is 6.42 Å². The largest absolute Gasteiger partial charge is 0.350 e. The molecule has 7 nitrogen and oxygen atoms in total. The second-order valence-corrected chi connectivity index (χ2v) is 3.38. The van der Waals surface area contributed by atoms with Crippen molar-refractivity contribution < 1.29 is 9.32 Å². The summed E-state index contributed by atoms with van der Waals surface area (Å²) in [5.41, 5.74) is 0.678. The number of nitriles is 1. The number of rotatable bonds is 4. The van der Waals surface area contributed by atoms with Crippen LogP contribution in [0.4, 0.5) is 0 Å². The highest BCUT2D eigenvalue weighted by Crippen LogP contribution is 1.99. The van der Waals surface area contributed by atoms with E-state index in [4.69, 9.17) is 9.78 Å². The van der Waals surface area contributed by atoms with Gasteiger partial charge in [-0.3, -0.25) is 4.79 Å². The highest BCUT2D eigenvalue weighted by atomic mass is 16.5. The lowest BCUT2D eigenvalue weighted by atomic mass is 10.2. The molecule has 1 amide bonds. The summed E-state index contributed by atoms with van der Waals surface area (Å²) < 4.78 is 4.79. The van der Waals surface area contributed by atoms with Crippen molar-refractivity contribution >= 4 is 5.91 Å². The average Bonchev–Trinajstić information content (AvgIpc) is 2.92. The number of carbonyl (C=O) groups is 1. The van der Waals surface area contributed by atoms with Gasteiger partial charge in [0, 0.05) is 19.2 Å². The van der Waals surface area contributed by atoms with E-state index in [1.165, 1.54) is 18.6 Å². The molecule has 7 heteroatoms. The maximum Gasteiger partial charge on any atom is 0.269 e. The highest BCUT2D eigenvalue weighted by molar-refractivity contribution is 5.92. The van der Waals surface area contributed by atoms with Gasteiger partial charge >= 0.3 is 0 Å². The molecule has 0 aliphatic heterocycles. The first-order valence-corrected chi connectivity index (χ1v) is 5.19. The van der Waals surface area contributed by atoms with E-state index in [0.29, 0.717) is 24.4 Å². The van der Waals surface area contributed by atoms with Crippen molar-refractivity contribution in [3.8, 4) is 6.07 Å². The van der Waals surface area contributed by atoms with E-state index in [1.807, 2.05) is 6.07 Å². The van der Waals surface area contributed by atoms with Gasteiger partial charge in [0.2, 0.25) is 5.89 Å². The molecule has 0 aliphatic rings. The highest BCUT2D eigenvalue weighted by Gasteiger charge is 2.07. The topological polar surface area (TPSA) is 105 Å². The molecule has 1 N–H and O–H groups in total. The molecule has 0 aliphatic carbocycles. The summed E-state index contributed by atoms with van der Waals surface area (Å²) in [6, 6.07) is 4.98. The zero-order chi connectivity index (χ0) is 12.8. The smallest absolute Gasteiger partial charge is 0.269 e. The number of carbonyl (C=O) groups excluding carboxylic acids is 1. The molecule has 18 heavy (non-hydrogen) atoms. The molecule has 90 valence electrons. The number of hydrogen-bond donors (Lipinski definition) is 1. The van der Waals surface area contributed by atoms with Crippen molar-refractivity contribution in [2.24, 2.45) is 0 Å². The summed E-state index contributed by atoms with van der Waals surface area (Å²) in [7, 11) is 0. The van der Waals surface area contributed by atoms with Crippen molar-refractivity contribution in [3.63, 3.8) is 0 Å². The lowest BCUT2D eigenvalue weighted by Crippen LogP contribution is -2.26. The van der Waals surface area contributed by atoms with Gasteiger partial charge in [-0.05, 0) is 12.1 Å². The molecule has 0 radical (unpaired) electrons. The molecule has 2 rings (SSSR count). The maximum atomic E-state index is 11.6. The summed E-state index contributed by atoms with van der Waals surface area (Å²) in [4.78, 5) is 19.4. The van der Waals surface area contributed by atoms with Crippen LogP contribution in [0.15, 0.2) is 29.2 Å². The van der Waals surface area contributed by atoms with E-state index in [0.717, 1.165) is 0 Å². The maximum absolute atomic E-state index is 11.6. The lowest BCUT2D eigenvalue weighted by Gasteiger charge is -2.02. The number of nitrogens with one attached hydrogen (secondary N) is 1. The zero-order valence-electron chi connectivity index (χ0n) is 9.33. The minimum atomic E-state index is -0.306. The fourth-order valence-electron chi connectivity index (χ4n) is 1.27. The summed E-state index contributed by atoms with van der Waals surface area (Å²) in [5, 5.41) is 14.7. The predicted molar refractivity (Wildman–Crippen MR) is 59.3 cm³/mol. The van der Waals surface area contributed by atoms with E-state index >= 15 is 0 Å². The Balaban J connectivity index is 1.86. The Kier molecular flexibility index (Phi) is 3.61. The van der Waals surface area contributed by atoms with Crippen molar-refractivity contribution in [2.75, 3.05) is 6.54 Å². The Morgan fingerprint density at radius 2 is 2.33 bits per heavy atom. The van der Waals surface area contributed by atoms with Crippen LogP contribution in [-0.4, -0.2) is 27.6 Å². The minimum Gasteiger partial charge on any atom is -0.350 e. The molecule has 0 spiro atoms. The van der Waals surface area contributed by atoms with Crippen LogP contribution < -0.4 is 5.32 Å². The summed E-state index contributed by atoms with van der Waals surface area (Å²) in [5.74, 6) is 0.155. The van der Waals surface area contributed by atoms with Crippen LogP contribution in [-0.2, 0) is 6.42 Å². The van der Waals surface area contributed by atoms with Crippen molar-refractivity contribution in [1.82, 2.24) is 20.4 Å². The third kappa shape index (κ3) is 2.89. The van der Waals surface area contributed by atoms with Gasteiger partial charge < -0.3 is 9.84 Å². The zero-order valence-corrected chi connectivity index (χ0v) is 9.33. The number of pyridine rings is 1. The molecule has 2 aromatic rings. The van der Waals surface area contributed by atoms with Crippen LogP contribution in [0.5, 0.6) is 0 Å². The van der Waals surface area contributed by atoms with Crippen molar-refractivity contribution in [1.29, 1.82) is 5.26 Å². The minimum absolute atomic E-state index is 0.263. The average molecular weight is 243 g/mol. The van der Waals surface area contributed by atoms with E-state index in [2.05, 4.69) is 20.4 Å². The van der Waals surface area contributed by atoms with Crippen LogP contribution >= 0.6 is 0 Å². The Morgan fingerprint density at radius 3 is 2.94 bits per heavy atom. The second kappa shape index (κ2) is 5.54. The number of aromatic nitrogens is 3. The Hall–Kier alpha value is -2.75. The number of nitrogens with zero attached hydrogens (tertiary/aromatic N) is 4. The third-order valence-electron chi connectivity index (χ3n) is 2.16. The molecule has 0 saturated carbocycles. The Labute approximate surface area is 102 Å². The van der Waals surface area contributed by atoms with Gasteiger partial charge in [-0.2, -0.15) is 10.2 Å². The first kappa shape index (κ1) is 11.7. The number of amides is 1. The van der Waals surface area contributed by atoms with Crippen LogP contribution in [0, 0.1) is 11.3 Å². The van der Waals surface area contributed by atoms with Crippen LogP contribution in [0.2, 0.25) is 0 Å². The van der Waals surface area contributed by atoms with Crippen LogP contribution in [0.3, 0.4) is 0 Å². The second-order valence-electron chi connectivity index (χ2n) is 3.38. The first-order chi connectivity index (χ1) is 8.79. The van der Waals surface area contributed by atoms with Gasteiger partial charge in [-0.25, -0.2) is 4.98 Å². The van der Waals surface area contributed by atoms with Crippen molar-refractivity contribution in [3.05, 3.63) is 41.8 Å². The van der Waals surface area contributed by atoms with E-state index in [9.17, 15) is 4.79 Å². The summed E-state index contributed by atoms with van der Waals surface area (Å²) in [6.45, 7) is 0.378. The molecule has 0 atom stereocenters. The molecule has 0 fully saturated rings. The standard InChI is InChI=1S/C11H9N5O2/c12-5-8-1-2-9(14-6-8)11(17)13-4-3-10-15-7-16-18-10/h1-2,6-7H,3-4H2,(H,13,17). The van der Waals surface area contributed by atoms with Gasteiger partial charge in [0.25, 0.3) is 5.91 Å². The molecule has 2 aromatic heterocycles. The predicted octanol–water partition coefficient (Wildman–Crippen LogP) is 0.309. The van der Waals surface area contributed by atoms with E-state index in [1.54, 1.807) is 6.07 Å². The van der Waals surface area contributed by atoms with Gasteiger partial charge in [-0.1, -0.05) is 5.16 Å². The quantitative estimate of drug-likeness (QED) is 0.828. The molecule has 0 bridgehead atoms. The van der Waals surface area contributed by atoms with Gasteiger partial charge in [0.05, 0.1) is 5.56 Å². The Morgan fingerprint density at radius 1 is 1.44 bits per heavy atom. The van der Waals surface area contributed by atoms with Crippen LogP contribution in [0.1, 0.15) is 21.9 Å². The molecule has 0 aromatic carbocycles.